The monoisotopic (exact) mass is 433 g/mol. The van der Waals surface area contributed by atoms with Gasteiger partial charge in [-0.2, -0.15) is 6.58 Å². The number of nitrogens with zero attached hydrogens (tertiary/aromatic N) is 3. The zero-order valence-corrected chi connectivity index (χ0v) is 16.1. The molecule has 0 bridgehead atoms. The third kappa shape index (κ3) is 5.44. The molecular weight excluding hydrogens is 412 g/mol. The fourth-order valence-corrected chi connectivity index (χ4v) is 2.45. The first-order chi connectivity index (χ1) is 11.8. The molecule has 0 atom stereocenters. The summed E-state index contributed by atoms with van der Waals surface area (Å²) in [6, 6.07) is 14.6. The standard InChI is InChI=1S/C15H17N3.C4H5.ClH.Pd/c1-2-11-17-12-18(15-9-5-6-10-16-15)14-8-4-3-7-13(14)17;1-3-4-2;;/h3-10H,2,11-12H2,1H3;3H,1-2H2;1H;/q;-1;;+2/p-1. The molecule has 24 heavy (non-hydrogen) atoms. The number of benzene rings is 1. The van der Waals surface area contributed by atoms with E-state index in [-0.39, 0.29) is 0 Å². The Morgan fingerprint density at radius 2 is 1.88 bits per heavy atom. The topological polar surface area (TPSA) is 19.4 Å². The minimum absolute atomic E-state index is 0.893. The molecule has 2 aromatic rings. The number of hydrogen-bond acceptors (Lipinski definition) is 3. The first kappa shape index (κ1) is 20.4. The van der Waals surface area contributed by atoms with Gasteiger partial charge in [-0.1, -0.05) is 25.1 Å². The van der Waals surface area contributed by atoms with Crippen LogP contribution in [0.2, 0.25) is 0 Å². The summed E-state index contributed by atoms with van der Waals surface area (Å²) in [5.74, 6) is 1.02. The van der Waals surface area contributed by atoms with Gasteiger partial charge >= 0.3 is 27.7 Å². The van der Waals surface area contributed by atoms with Crippen molar-refractivity contribution >= 4 is 26.7 Å². The number of rotatable bonds is 3. The molecule has 1 aliphatic heterocycles. The SMILES string of the molecule is C=C=C[CH2-].CCCN1CN(c2ccccn2)c2ccccc21.[Cl][Pd+]. The van der Waals surface area contributed by atoms with Crippen molar-refractivity contribution in [3.8, 4) is 0 Å². The van der Waals surface area contributed by atoms with Crippen molar-refractivity contribution in [3.05, 3.63) is 74.0 Å². The van der Waals surface area contributed by atoms with E-state index in [0.29, 0.717) is 0 Å². The van der Waals surface area contributed by atoms with Crippen LogP contribution in [0.25, 0.3) is 0 Å². The van der Waals surface area contributed by atoms with Gasteiger partial charge < -0.3 is 15.5 Å². The molecular formula is C19H22ClN3Pd. The molecule has 3 nitrogen and oxygen atoms in total. The van der Waals surface area contributed by atoms with Gasteiger partial charge in [-0.25, -0.2) is 18.0 Å². The van der Waals surface area contributed by atoms with Gasteiger partial charge in [0.05, 0.1) is 18.0 Å². The number of anilines is 3. The van der Waals surface area contributed by atoms with E-state index in [1.54, 1.807) is 0 Å². The second-order valence-corrected chi connectivity index (χ2v) is 4.92. The quantitative estimate of drug-likeness (QED) is 0.374. The summed E-state index contributed by atoms with van der Waals surface area (Å²) >= 11 is 2.22. The van der Waals surface area contributed by atoms with Crippen LogP contribution in [-0.4, -0.2) is 18.2 Å². The fraction of sp³-hybridized carbons (Fsp3) is 0.211. The summed E-state index contributed by atoms with van der Waals surface area (Å²) < 4.78 is 0. The molecule has 3 rings (SSSR count). The van der Waals surface area contributed by atoms with Crippen molar-refractivity contribution in [2.45, 2.75) is 13.3 Å². The predicted molar refractivity (Wildman–Crippen MR) is 100 cm³/mol. The van der Waals surface area contributed by atoms with Crippen molar-refractivity contribution in [3.63, 3.8) is 0 Å². The number of allylic oxidation sites excluding steroid dienone is 1. The van der Waals surface area contributed by atoms with Crippen LogP contribution >= 0.6 is 9.53 Å². The fourth-order valence-electron chi connectivity index (χ4n) is 2.45. The molecule has 1 aromatic carbocycles. The normalized spacial score (nSPS) is 11.3. The van der Waals surface area contributed by atoms with Gasteiger partial charge in [0, 0.05) is 12.7 Å². The first-order valence-corrected chi connectivity index (χ1v) is 9.60. The number of hydrogen-bond donors (Lipinski definition) is 0. The Hall–Kier alpha value is -1.69. The van der Waals surface area contributed by atoms with Crippen molar-refractivity contribution in [1.82, 2.24) is 4.98 Å². The maximum absolute atomic E-state index is 4.49. The average molecular weight is 434 g/mol. The van der Waals surface area contributed by atoms with E-state index in [1.807, 2.05) is 18.3 Å². The summed E-state index contributed by atoms with van der Waals surface area (Å²) in [7, 11) is 4.49. The molecule has 0 radical (unpaired) electrons. The Kier molecular flexibility index (Phi) is 10.00. The second-order valence-electron chi connectivity index (χ2n) is 4.92. The first-order valence-electron chi connectivity index (χ1n) is 7.59. The summed E-state index contributed by atoms with van der Waals surface area (Å²) in [5.41, 5.74) is 5.01. The number of pyridine rings is 1. The van der Waals surface area contributed by atoms with Crippen LogP contribution < -0.4 is 9.80 Å². The van der Waals surface area contributed by atoms with Crippen molar-refractivity contribution in [2.75, 3.05) is 23.0 Å². The molecule has 0 saturated heterocycles. The Bertz CT molecular complexity index is 642. The van der Waals surface area contributed by atoms with Crippen LogP contribution in [0.15, 0.2) is 67.0 Å². The summed E-state index contributed by atoms with van der Waals surface area (Å²) in [6.45, 7) is 10.7. The number of fused-ring (bicyclic) bond motifs is 1. The molecule has 1 aromatic heterocycles. The molecule has 2 heterocycles. The van der Waals surface area contributed by atoms with Gasteiger partial charge in [0.2, 0.25) is 0 Å². The summed E-state index contributed by atoms with van der Waals surface area (Å²) in [6.07, 6.45) is 4.52. The van der Waals surface area contributed by atoms with Crippen LogP contribution in [0.3, 0.4) is 0 Å². The minimum atomic E-state index is 0.893. The third-order valence-electron chi connectivity index (χ3n) is 3.39. The maximum atomic E-state index is 4.49. The molecule has 0 amide bonds. The van der Waals surface area contributed by atoms with Gasteiger partial charge in [-0.05, 0) is 30.7 Å². The van der Waals surface area contributed by atoms with Crippen molar-refractivity contribution < 1.29 is 18.2 Å². The van der Waals surface area contributed by atoms with Gasteiger partial charge in [-0.15, -0.1) is 0 Å². The second kappa shape index (κ2) is 11.8. The molecule has 130 valence electrons. The Morgan fingerprint density at radius 1 is 1.25 bits per heavy atom. The van der Waals surface area contributed by atoms with E-state index in [4.69, 9.17) is 0 Å². The Morgan fingerprint density at radius 3 is 2.42 bits per heavy atom. The van der Waals surface area contributed by atoms with Crippen molar-refractivity contribution in [1.29, 1.82) is 0 Å². The van der Waals surface area contributed by atoms with Crippen LogP contribution in [0.4, 0.5) is 17.2 Å². The number of halogens is 1. The summed E-state index contributed by atoms with van der Waals surface area (Å²) in [5, 5.41) is 0. The summed E-state index contributed by atoms with van der Waals surface area (Å²) in [4.78, 5) is 9.13. The van der Waals surface area contributed by atoms with Gasteiger partial charge in [0.1, 0.15) is 5.82 Å². The van der Waals surface area contributed by atoms with E-state index < -0.39 is 0 Å². The number of aromatic nitrogens is 1. The van der Waals surface area contributed by atoms with Crippen LogP contribution in [-0.2, 0) is 18.2 Å². The van der Waals surface area contributed by atoms with Gasteiger partial charge in [0.25, 0.3) is 0 Å². The molecule has 0 aliphatic carbocycles. The van der Waals surface area contributed by atoms with Crippen LogP contribution in [0.1, 0.15) is 13.3 Å². The Balaban J connectivity index is 0.000000423. The molecule has 0 fully saturated rings. The van der Waals surface area contributed by atoms with Gasteiger partial charge in [-0.3, -0.25) is 0 Å². The average Bonchev–Trinajstić information content (AvgIpc) is 3.03. The molecule has 0 saturated carbocycles. The van der Waals surface area contributed by atoms with E-state index in [1.165, 1.54) is 17.5 Å². The predicted octanol–water partition coefficient (Wildman–Crippen LogP) is 5.26. The molecule has 0 N–H and O–H groups in total. The number of para-hydroxylation sites is 2. The Labute approximate surface area is 160 Å². The van der Waals surface area contributed by atoms with Crippen LogP contribution in [0, 0.1) is 6.92 Å². The third-order valence-corrected chi connectivity index (χ3v) is 3.39. The zero-order valence-electron chi connectivity index (χ0n) is 13.8. The molecule has 1 aliphatic rings. The van der Waals surface area contributed by atoms with Gasteiger partial charge in [0.15, 0.2) is 0 Å². The zero-order chi connectivity index (χ0) is 17.8. The molecule has 0 unspecified atom stereocenters. The van der Waals surface area contributed by atoms with E-state index >= 15 is 0 Å². The molecule has 5 heteroatoms. The van der Waals surface area contributed by atoms with Crippen molar-refractivity contribution in [2.24, 2.45) is 0 Å². The van der Waals surface area contributed by atoms with E-state index in [0.717, 1.165) is 25.5 Å². The molecule has 0 spiro atoms. The van der Waals surface area contributed by atoms with E-state index in [2.05, 4.69) is 99.0 Å². The van der Waals surface area contributed by atoms with E-state index in [9.17, 15) is 0 Å². The van der Waals surface area contributed by atoms with Crippen LogP contribution in [0.5, 0.6) is 0 Å².